The van der Waals surface area contributed by atoms with Gasteiger partial charge in [0.1, 0.15) is 5.41 Å². The van der Waals surface area contributed by atoms with E-state index in [1.165, 1.54) is 12.1 Å². The Morgan fingerprint density at radius 2 is 2.00 bits per heavy atom. The third-order valence-corrected chi connectivity index (χ3v) is 2.85. The summed E-state index contributed by atoms with van der Waals surface area (Å²) in [6.45, 7) is 0. The monoisotopic (exact) mass is 239 g/mol. The van der Waals surface area contributed by atoms with E-state index in [1.54, 1.807) is 0 Å². The lowest BCUT2D eigenvalue weighted by Crippen LogP contribution is -2.15. The van der Waals surface area contributed by atoms with Crippen molar-refractivity contribution in [3.8, 4) is 6.07 Å². The summed E-state index contributed by atoms with van der Waals surface area (Å²) in [5.41, 5.74) is -1.99. The molecule has 2 nitrogen and oxygen atoms in total. The molecule has 0 amide bonds. The van der Waals surface area contributed by atoms with Crippen LogP contribution < -0.4 is 0 Å². The molecule has 1 aliphatic carbocycles. The summed E-state index contributed by atoms with van der Waals surface area (Å²) in [6.07, 6.45) is -3.61. The van der Waals surface area contributed by atoms with Gasteiger partial charge in [-0.25, -0.2) is 0 Å². The van der Waals surface area contributed by atoms with Gasteiger partial charge < -0.3 is 0 Å². The third-order valence-electron chi connectivity index (χ3n) is 2.85. The van der Waals surface area contributed by atoms with Crippen LogP contribution >= 0.6 is 0 Å². The highest BCUT2D eigenvalue weighted by Gasteiger charge is 2.50. The Morgan fingerprint density at radius 3 is 2.47 bits per heavy atom. The molecule has 0 bridgehead atoms. The first-order chi connectivity index (χ1) is 7.89. The number of hydrogen-bond acceptors (Lipinski definition) is 2. The number of nitriles is 1. The molecule has 1 saturated carbocycles. The smallest absolute Gasteiger partial charge is 0.292 e. The van der Waals surface area contributed by atoms with E-state index in [4.69, 9.17) is 5.26 Å². The van der Waals surface area contributed by atoms with Crippen LogP contribution in [0.15, 0.2) is 24.3 Å². The predicted octanol–water partition coefficient (Wildman–Crippen LogP) is 3.19. The van der Waals surface area contributed by atoms with Gasteiger partial charge in [0.15, 0.2) is 5.78 Å². The van der Waals surface area contributed by atoms with E-state index in [0.29, 0.717) is 12.8 Å². The van der Waals surface area contributed by atoms with Gasteiger partial charge in [-0.1, -0.05) is 12.1 Å². The van der Waals surface area contributed by atoms with Crippen LogP contribution in [0.5, 0.6) is 0 Å². The topological polar surface area (TPSA) is 40.9 Å². The van der Waals surface area contributed by atoms with Crippen molar-refractivity contribution in [3.05, 3.63) is 35.4 Å². The molecule has 0 aliphatic heterocycles. The van der Waals surface area contributed by atoms with E-state index >= 15 is 0 Å². The quantitative estimate of drug-likeness (QED) is 0.743. The molecule has 0 unspecified atom stereocenters. The van der Waals surface area contributed by atoms with E-state index in [2.05, 4.69) is 0 Å². The normalized spacial score (nSPS) is 17.3. The zero-order valence-corrected chi connectivity index (χ0v) is 8.71. The van der Waals surface area contributed by atoms with Crippen LogP contribution in [0.4, 0.5) is 13.2 Å². The molecule has 1 aromatic rings. The lowest BCUT2D eigenvalue weighted by atomic mass is 9.95. The number of nitrogens with zero attached hydrogens (tertiary/aromatic N) is 1. The fourth-order valence-corrected chi connectivity index (χ4v) is 1.63. The van der Waals surface area contributed by atoms with Gasteiger partial charge in [0.25, 0.3) is 0 Å². The average Bonchev–Trinajstić information content (AvgIpc) is 3.08. The Morgan fingerprint density at radius 1 is 1.35 bits per heavy atom. The van der Waals surface area contributed by atoms with Crippen LogP contribution in [0.3, 0.4) is 0 Å². The minimum Gasteiger partial charge on any atom is -0.292 e. The molecule has 0 saturated heterocycles. The molecule has 1 fully saturated rings. The highest BCUT2D eigenvalue weighted by molar-refractivity contribution is 6.04. The van der Waals surface area contributed by atoms with Crippen molar-refractivity contribution in [3.63, 3.8) is 0 Å². The number of benzene rings is 1. The Kier molecular flexibility index (Phi) is 2.46. The number of carbonyl (C=O) groups excluding carboxylic acids is 1. The summed E-state index contributed by atoms with van der Waals surface area (Å²) in [6, 6.07) is 6.09. The number of hydrogen-bond donors (Lipinski definition) is 0. The number of carbonyl (C=O) groups is 1. The van der Waals surface area contributed by atoms with Gasteiger partial charge in [0.05, 0.1) is 11.6 Å². The molecule has 0 radical (unpaired) electrons. The maximum absolute atomic E-state index is 12.4. The summed E-state index contributed by atoms with van der Waals surface area (Å²) in [5.74, 6) is -0.508. The van der Waals surface area contributed by atoms with Crippen LogP contribution in [-0.2, 0) is 6.18 Å². The molecule has 17 heavy (non-hydrogen) atoms. The van der Waals surface area contributed by atoms with Crippen molar-refractivity contribution >= 4 is 5.78 Å². The summed E-state index contributed by atoms with van der Waals surface area (Å²) in [4.78, 5) is 11.8. The van der Waals surface area contributed by atoms with Gasteiger partial charge in [0, 0.05) is 5.56 Å². The van der Waals surface area contributed by atoms with Crippen molar-refractivity contribution < 1.29 is 18.0 Å². The summed E-state index contributed by atoms with van der Waals surface area (Å²) >= 11 is 0. The van der Waals surface area contributed by atoms with Crippen molar-refractivity contribution in [2.24, 2.45) is 5.41 Å². The zero-order chi connectivity index (χ0) is 12.7. The number of Topliss-reactive ketones (excluding diaryl/α,β-unsaturated/α-hetero) is 1. The van der Waals surface area contributed by atoms with E-state index < -0.39 is 22.9 Å². The SMILES string of the molecule is N#CC1(C(=O)c2cccc(C(F)(F)F)c2)CC1. The van der Waals surface area contributed by atoms with Crippen molar-refractivity contribution in [1.82, 2.24) is 0 Å². The molecule has 0 N–H and O–H groups in total. The first-order valence-corrected chi connectivity index (χ1v) is 5.02. The molecule has 88 valence electrons. The Labute approximate surface area is 95.7 Å². The maximum Gasteiger partial charge on any atom is 0.416 e. The second kappa shape index (κ2) is 3.59. The Balaban J connectivity index is 2.35. The molecule has 0 atom stereocenters. The van der Waals surface area contributed by atoms with E-state index in [1.807, 2.05) is 6.07 Å². The fourth-order valence-electron chi connectivity index (χ4n) is 1.63. The summed E-state index contributed by atoms with van der Waals surface area (Å²) in [7, 11) is 0. The van der Waals surface area contributed by atoms with Gasteiger partial charge in [-0.2, -0.15) is 18.4 Å². The second-order valence-electron chi connectivity index (χ2n) is 4.10. The maximum atomic E-state index is 12.4. The van der Waals surface area contributed by atoms with Gasteiger partial charge >= 0.3 is 6.18 Å². The average molecular weight is 239 g/mol. The lowest BCUT2D eigenvalue weighted by molar-refractivity contribution is -0.137. The van der Waals surface area contributed by atoms with E-state index in [0.717, 1.165) is 12.1 Å². The highest BCUT2D eigenvalue weighted by atomic mass is 19.4. The molecule has 2 rings (SSSR count). The van der Waals surface area contributed by atoms with E-state index in [9.17, 15) is 18.0 Å². The van der Waals surface area contributed by atoms with Crippen molar-refractivity contribution in [2.75, 3.05) is 0 Å². The molecular formula is C12H8F3NO. The van der Waals surface area contributed by atoms with Gasteiger partial charge in [-0.05, 0) is 25.0 Å². The second-order valence-corrected chi connectivity index (χ2v) is 4.10. The molecule has 1 aliphatic rings. The fraction of sp³-hybridized carbons (Fsp3) is 0.333. The standard InChI is InChI=1S/C12H8F3NO/c13-12(14,15)9-3-1-2-8(6-9)10(17)11(7-16)4-5-11/h1-3,6H,4-5H2. The van der Waals surface area contributed by atoms with E-state index in [-0.39, 0.29) is 5.56 Å². The van der Waals surface area contributed by atoms with Crippen LogP contribution in [0.25, 0.3) is 0 Å². The predicted molar refractivity (Wildman–Crippen MR) is 53.1 cm³/mol. The van der Waals surface area contributed by atoms with Crippen molar-refractivity contribution in [1.29, 1.82) is 5.26 Å². The minimum absolute atomic E-state index is 0.0427. The zero-order valence-electron chi connectivity index (χ0n) is 8.71. The number of halogens is 3. The molecule has 0 aromatic heterocycles. The van der Waals surface area contributed by atoms with Gasteiger partial charge in [-0.15, -0.1) is 0 Å². The molecule has 0 spiro atoms. The van der Waals surface area contributed by atoms with Gasteiger partial charge in [0.2, 0.25) is 0 Å². The largest absolute Gasteiger partial charge is 0.416 e. The minimum atomic E-state index is -4.47. The number of rotatable bonds is 2. The third kappa shape index (κ3) is 2.03. The van der Waals surface area contributed by atoms with Crippen LogP contribution in [0.1, 0.15) is 28.8 Å². The molecular weight excluding hydrogens is 231 g/mol. The summed E-state index contributed by atoms with van der Waals surface area (Å²) in [5, 5.41) is 8.82. The van der Waals surface area contributed by atoms with Crippen LogP contribution in [0.2, 0.25) is 0 Å². The van der Waals surface area contributed by atoms with Gasteiger partial charge in [-0.3, -0.25) is 4.79 Å². The Hall–Kier alpha value is -1.83. The summed E-state index contributed by atoms with van der Waals surface area (Å²) < 4.78 is 37.3. The van der Waals surface area contributed by atoms with Crippen LogP contribution in [0, 0.1) is 16.7 Å². The first kappa shape index (κ1) is 11.6. The molecule has 5 heteroatoms. The molecule has 0 heterocycles. The number of ketones is 1. The first-order valence-electron chi connectivity index (χ1n) is 5.02. The number of alkyl halides is 3. The highest BCUT2D eigenvalue weighted by Crippen LogP contribution is 2.47. The van der Waals surface area contributed by atoms with Crippen LogP contribution in [-0.4, -0.2) is 5.78 Å². The lowest BCUT2D eigenvalue weighted by Gasteiger charge is -2.09. The molecule has 1 aromatic carbocycles. The van der Waals surface area contributed by atoms with Crippen molar-refractivity contribution in [2.45, 2.75) is 19.0 Å². The Bertz CT molecular complexity index is 509.